The van der Waals surface area contributed by atoms with E-state index in [2.05, 4.69) is 0 Å². The van der Waals surface area contributed by atoms with E-state index in [9.17, 15) is 4.79 Å². The lowest BCUT2D eigenvalue weighted by Gasteiger charge is -2.34. The Morgan fingerprint density at radius 2 is 1.63 bits per heavy atom. The van der Waals surface area contributed by atoms with E-state index < -0.39 is 0 Å². The molecular weight excluding hydrogens is 252 g/mol. The molecule has 2 unspecified atom stereocenters. The fourth-order valence-electron chi connectivity index (χ4n) is 1.72. The highest BCUT2D eigenvalue weighted by Crippen LogP contribution is 2.22. The van der Waals surface area contributed by atoms with Crippen molar-refractivity contribution in [2.24, 2.45) is 0 Å². The van der Waals surface area contributed by atoms with Crippen molar-refractivity contribution in [1.82, 2.24) is 0 Å². The predicted octanol–water partition coefficient (Wildman–Crippen LogP) is 0.429. The Bertz CT molecular complexity index is 245. The lowest BCUT2D eigenvalue weighted by molar-refractivity contribution is -0.167. The van der Waals surface area contributed by atoms with E-state index in [4.69, 9.17) is 23.7 Å². The van der Waals surface area contributed by atoms with Gasteiger partial charge in [0.25, 0.3) is 0 Å². The molecule has 1 fully saturated rings. The summed E-state index contributed by atoms with van der Waals surface area (Å²) in [6.07, 6.45) is -0.0264. The van der Waals surface area contributed by atoms with E-state index >= 15 is 0 Å². The van der Waals surface area contributed by atoms with Crippen LogP contribution in [0.3, 0.4) is 0 Å². The van der Waals surface area contributed by atoms with E-state index in [1.54, 1.807) is 7.11 Å². The molecule has 0 amide bonds. The summed E-state index contributed by atoms with van der Waals surface area (Å²) < 4.78 is 26.2. The molecule has 0 saturated heterocycles. The van der Waals surface area contributed by atoms with Crippen LogP contribution in [0.1, 0.15) is 13.3 Å². The van der Waals surface area contributed by atoms with Crippen LogP contribution in [-0.2, 0) is 28.5 Å². The zero-order chi connectivity index (χ0) is 13.9. The van der Waals surface area contributed by atoms with Crippen molar-refractivity contribution in [1.29, 1.82) is 0 Å². The number of methoxy groups -OCH3 is 1. The van der Waals surface area contributed by atoms with Gasteiger partial charge < -0.3 is 23.7 Å². The first-order valence-corrected chi connectivity index (χ1v) is 6.70. The number of ether oxygens (including phenoxy) is 5. The van der Waals surface area contributed by atoms with Gasteiger partial charge in [-0.3, -0.25) is 4.79 Å². The SMILES string of the molecule is CCOC1C(=O)CC1OCCOCCOCCOC. The first kappa shape index (κ1) is 16.5. The molecule has 0 spiro atoms. The highest BCUT2D eigenvalue weighted by Gasteiger charge is 2.41. The minimum Gasteiger partial charge on any atom is -0.382 e. The Morgan fingerprint density at radius 3 is 2.21 bits per heavy atom. The fourth-order valence-corrected chi connectivity index (χ4v) is 1.72. The van der Waals surface area contributed by atoms with Crippen LogP contribution in [0.25, 0.3) is 0 Å². The molecule has 6 nitrogen and oxygen atoms in total. The summed E-state index contributed by atoms with van der Waals surface area (Å²) in [5.74, 6) is 0.124. The minimum atomic E-state index is -0.373. The van der Waals surface area contributed by atoms with Crippen LogP contribution in [0, 0.1) is 0 Å². The summed E-state index contributed by atoms with van der Waals surface area (Å²) >= 11 is 0. The maximum absolute atomic E-state index is 11.2. The molecule has 0 heterocycles. The second kappa shape index (κ2) is 10.3. The molecule has 0 bridgehead atoms. The lowest BCUT2D eigenvalue weighted by atomic mass is 9.90. The Morgan fingerprint density at radius 1 is 1.00 bits per heavy atom. The average molecular weight is 276 g/mol. The minimum absolute atomic E-state index is 0.103. The van der Waals surface area contributed by atoms with Crippen LogP contribution in [0.2, 0.25) is 0 Å². The number of hydrogen-bond donors (Lipinski definition) is 0. The van der Waals surface area contributed by atoms with Gasteiger partial charge in [-0.15, -0.1) is 0 Å². The van der Waals surface area contributed by atoms with E-state index in [-0.39, 0.29) is 18.0 Å². The van der Waals surface area contributed by atoms with Crippen LogP contribution in [-0.4, -0.2) is 71.3 Å². The van der Waals surface area contributed by atoms with Crippen molar-refractivity contribution in [3.8, 4) is 0 Å². The number of hydrogen-bond acceptors (Lipinski definition) is 6. The van der Waals surface area contributed by atoms with E-state index in [0.29, 0.717) is 52.7 Å². The molecule has 1 rings (SSSR count). The van der Waals surface area contributed by atoms with Gasteiger partial charge >= 0.3 is 0 Å². The predicted molar refractivity (Wildman–Crippen MR) is 68.3 cm³/mol. The summed E-state index contributed by atoms with van der Waals surface area (Å²) in [6, 6.07) is 0. The summed E-state index contributed by atoms with van der Waals surface area (Å²) in [4.78, 5) is 11.2. The maximum Gasteiger partial charge on any atom is 0.166 e. The zero-order valence-corrected chi connectivity index (χ0v) is 11.8. The normalized spacial score (nSPS) is 22.5. The fraction of sp³-hybridized carbons (Fsp3) is 0.923. The highest BCUT2D eigenvalue weighted by atomic mass is 16.6. The van der Waals surface area contributed by atoms with E-state index in [1.807, 2.05) is 6.92 Å². The standard InChI is InChI=1S/C13H24O6/c1-3-18-13-11(14)10-12(13)19-9-8-17-7-6-16-5-4-15-2/h12-13H,3-10H2,1-2H3. The van der Waals surface area contributed by atoms with Crippen molar-refractivity contribution in [3.05, 3.63) is 0 Å². The lowest BCUT2D eigenvalue weighted by Crippen LogP contribution is -2.50. The van der Waals surface area contributed by atoms with Crippen molar-refractivity contribution < 1.29 is 28.5 Å². The molecule has 0 radical (unpaired) electrons. The average Bonchev–Trinajstić information content (AvgIpc) is 2.41. The Kier molecular flexibility index (Phi) is 8.94. The van der Waals surface area contributed by atoms with Gasteiger partial charge in [0.2, 0.25) is 0 Å². The van der Waals surface area contributed by atoms with Crippen LogP contribution in [0.15, 0.2) is 0 Å². The molecule has 112 valence electrons. The first-order valence-electron chi connectivity index (χ1n) is 6.70. The quantitative estimate of drug-likeness (QED) is 0.482. The molecule has 0 aliphatic heterocycles. The molecule has 0 aromatic carbocycles. The molecule has 1 aliphatic rings. The van der Waals surface area contributed by atoms with Crippen molar-refractivity contribution >= 4 is 5.78 Å². The summed E-state index contributed by atoms with van der Waals surface area (Å²) in [6.45, 7) is 5.63. The number of rotatable bonds is 12. The Labute approximate surface area is 114 Å². The molecule has 1 aliphatic carbocycles. The van der Waals surface area contributed by atoms with E-state index in [0.717, 1.165) is 0 Å². The summed E-state index contributed by atoms with van der Waals surface area (Å²) in [7, 11) is 1.64. The number of carbonyl (C=O) groups excluding carboxylic acids is 1. The molecule has 0 N–H and O–H groups in total. The van der Waals surface area contributed by atoms with E-state index in [1.165, 1.54) is 0 Å². The largest absolute Gasteiger partial charge is 0.382 e. The second-order valence-corrected chi connectivity index (χ2v) is 4.17. The number of Topliss-reactive ketones (excluding diaryl/α,β-unsaturated/α-hetero) is 1. The second-order valence-electron chi connectivity index (χ2n) is 4.17. The zero-order valence-electron chi connectivity index (χ0n) is 11.8. The van der Waals surface area contributed by atoms with Crippen LogP contribution >= 0.6 is 0 Å². The topological polar surface area (TPSA) is 63.2 Å². The van der Waals surface area contributed by atoms with Crippen molar-refractivity contribution in [2.45, 2.75) is 25.6 Å². The summed E-state index contributed by atoms with van der Waals surface area (Å²) in [5.41, 5.74) is 0. The summed E-state index contributed by atoms with van der Waals surface area (Å²) in [5, 5.41) is 0. The van der Waals surface area contributed by atoms with Crippen LogP contribution in [0.5, 0.6) is 0 Å². The van der Waals surface area contributed by atoms with Gasteiger partial charge in [0.15, 0.2) is 5.78 Å². The van der Waals surface area contributed by atoms with Gasteiger partial charge in [-0.2, -0.15) is 0 Å². The smallest absolute Gasteiger partial charge is 0.166 e. The Balaban J connectivity index is 1.87. The Hall–Kier alpha value is -0.530. The number of carbonyl (C=O) groups is 1. The molecule has 0 aromatic rings. The van der Waals surface area contributed by atoms with Crippen LogP contribution < -0.4 is 0 Å². The molecule has 1 saturated carbocycles. The van der Waals surface area contributed by atoms with Gasteiger partial charge in [-0.25, -0.2) is 0 Å². The third-order valence-corrected chi connectivity index (χ3v) is 2.77. The van der Waals surface area contributed by atoms with Gasteiger partial charge in [-0.1, -0.05) is 0 Å². The maximum atomic E-state index is 11.2. The highest BCUT2D eigenvalue weighted by molar-refractivity contribution is 5.90. The molecule has 0 aromatic heterocycles. The van der Waals surface area contributed by atoms with Crippen molar-refractivity contribution in [2.75, 3.05) is 53.4 Å². The van der Waals surface area contributed by atoms with Gasteiger partial charge in [0.1, 0.15) is 6.10 Å². The monoisotopic (exact) mass is 276 g/mol. The van der Waals surface area contributed by atoms with Crippen LogP contribution in [0.4, 0.5) is 0 Å². The molecule has 19 heavy (non-hydrogen) atoms. The number of ketones is 1. The van der Waals surface area contributed by atoms with Gasteiger partial charge in [0, 0.05) is 20.1 Å². The third kappa shape index (κ3) is 6.44. The molecule has 2 atom stereocenters. The van der Waals surface area contributed by atoms with Gasteiger partial charge in [-0.05, 0) is 6.92 Å². The molecule has 6 heteroatoms. The molecular formula is C13H24O6. The van der Waals surface area contributed by atoms with Gasteiger partial charge in [0.05, 0.1) is 45.7 Å². The first-order chi connectivity index (χ1) is 9.29. The van der Waals surface area contributed by atoms with Crippen molar-refractivity contribution in [3.63, 3.8) is 0 Å². The third-order valence-electron chi connectivity index (χ3n) is 2.77.